The number of carbonyl (C=O) groups excluding carboxylic acids is 1. The average Bonchev–Trinajstić information content (AvgIpc) is 3.41. The van der Waals surface area contributed by atoms with Crippen LogP contribution in [0.1, 0.15) is 24.8 Å². The molecule has 0 aliphatic carbocycles. The molecular formula is C26H26F3N5O5. The number of nitrogens with zero attached hydrogens (tertiary/aromatic N) is 5. The quantitative estimate of drug-likeness (QED) is 0.303. The first-order valence-electron chi connectivity index (χ1n) is 12.1. The van der Waals surface area contributed by atoms with E-state index in [-0.39, 0.29) is 17.9 Å². The van der Waals surface area contributed by atoms with Crippen molar-refractivity contribution in [3.63, 3.8) is 0 Å². The highest BCUT2D eigenvalue weighted by molar-refractivity contribution is 5.95. The zero-order valence-corrected chi connectivity index (χ0v) is 21.2. The number of aliphatic hydroxyl groups excluding tert-OH is 1. The molecule has 206 valence electrons. The smallest absolute Gasteiger partial charge is 0.279 e. The molecule has 5 rings (SSSR count). The number of benzene rings is 2. The van der Waals surface area contributed by atoms with Gasteiger partial charge in [0.25, 0.3) is 5.91 Å². The molecule has 2 aliphatic rings. The van der Waals surface area contributed by atoms with Crippen molar-refractivity contribution >= 4 is 11.7 Å². The first-order chi connectivity index (χ1) is 18.6. The van der Waals surface area contributed by atoms with E-state index in [4.69, 9.17) is 14.2 Å². The summed E-state index contributed by atoms with van der Waals surface area (Å²) in [5.41, 5.74) is 0.675. The Hall–Kier alpha value is -3.65. The summed E-state index contributed by atoms with van der Waals surface area (Å²) in [6, 6.07) is 9.67. The molecule has 0 spiro atoms. The molecule has 10 nitrogen and oxygen atoms in total. The number of ether oxygens (including phenoxy) is 3. The highest BCUT2D eigenvalue weighted by atomic mass is 19.2. The van der Waals surface area contributed by atoms with Gasteiger partial charge in [-0.25, -0.2) is 17.9 Å². The molecule has 6 atom stereocenters. The summed E-state index contributed by atoms with van der Waals surface area (Å²) in [5.74, 6) is -4.69. The molecule has 2 saturated heterocycles. The minimum Gasteiger partial charge on any atom is -0.387 e. The van der Waals surface area contributed by atoms with Gasteiger partial charge in [-0.3, -0.25) is 4.79 Å². The van der Waals surface area contributed by atoms with Crippen LogP contribution in [-0.2, 0) is 19.0 Å². The maximum Gasteiger partial charge on any atom is 0.279 e. The number of aromatic nitrogens is 3. The fourth-order valence-corrected chi connectivity index (χ4v) is 4.48. The van der Waals surface area contributed by atoms with E-state index in [2.05, 4.69) is 15.3 Å². The predicted octanol–water partition coefficient (Wildman–Crippen LogP) is 2.65. The molecule has 1 unspecified atom stereocenters. The normalized spacial score (nSPS) is 27.2. The SMILES string of the molecule is C/C(=N\C(=O)[C@@H]1O[C@@H]2COC(c3ccccc3)O[C@@H]2[C@H](n2cc(-c3cc(F)c(F)c(F)c3)nn2)[C@H]1O)N(C)C. The van der Waals surface area contributed by atoms with Crippen LogP contribution in [0.15, 0.2) is 53.7 Å². The highest BCUT2D eigenvalue weighted by Gasteiger charge is 2.53. The highest BCUT2D eigenvalue weighted by Crippen LogP contribution is 2.39. The van der Waals surface area contributed by atoms with Crippen molar-refractivity contribution < 1.29 is 37.3 Å². The van der Waals surface area contributed by atoms with E-state index in [1.54, 1.807) is 25.9 Å². The first-order valence-corrected chi connectivity index (χ1v) is 12.1. The Labute approximate surface area is 221 Å². The number of amides is 1. The molecule has 2 aromatic carbocycles. The lowest BCUT2D eigenvalue weighted by atomic mass is 9.91. The molecule has 3 heterocycles. The largest absolute Gasteiger partial charge is 0.387 e. The lowest BCUT2D eigenvalue weighted by Crippen LogP contribution is -2.61. The molecule has 39 heavy (non-hydrogen) atoms. The molecule has 1 amide bonds. The van der Waals surface area contributed by atoms with Crippen LogP contribution in [0, 0.1) is 17.5 Å². The maximum atomic E-state index is 13.9. The van der Waals surface area contributed by atoms with Gasteiger partial charge in [-0.1, -0.05) is 35.5 Å². The van der Waals surface area contributed by atoms with Crippen LogP contribution < -0.4 is 0 Å². The van der Waals surface area contributed by atoms with Crippen LogP contribution in [-0.4, -0.2) is 81.9 Å². The average molecular weight is 546 g/mol. The summed E-state index contributed by atoms with van der Waals surface area (Å²) in [4.78, 5) is 18.7. The number of hydrogen-bond acceptors (Lipinski definition) is 7. The number of halogens is 3. The minimum atomic E-state index is -1.61. The van der Waals surface area contributed by atoms with Crippen molar-refractivity contribution in [2.24, 2.45) is 4.99 Å². The van der Waals surface area contributed by atoms with Crippen LogP contribution in [0.25, 0.3) is 11.3 Å². The van der Waals surface area contributed by atoms with Gasteiger partial charge in [0.15, 0.2) is 29.8 Å². The Balaban J connectivity index is 1.51. The summed E-state index contributed by atoms with van der Waals surface area (Å²) in [6.45, 7) is 1.67. The standard InChI is InChI=1S/C26H26F3N5O5/c1-13(33(2)3)30-25(36)24-22(35)21(23-19(38-24)12-37-26(39-23)14-7-5-4-6-8-14)34-11-18(31-32-34)15-9-16(27)20(29)17(28)10-15/h4-11,19,21-24,26,35H,12H2,1-3H3/b30-13+/t19-,21-,22-,23+,24-,26?/m1/s1. The molecular weight excluding hydrogens is 519 g/mol. The lowest BCUT2D eigenvalue weighted by molar-refractivity contribution is -0.312. The number of aliphatic hydroxyl groups is 1. The van der Waals surface area contributed by atoms with Crippen LogP contribution in [0.3, 0.4) is 0 Å². The second kappa shape index (κ2) is 10.8. The molecule has 2 aliphatic heterocycles. The molecule has 3 aromatic rings. The van der Waals surface area contributed by atoms with E-state index in [0.717, 1.165) is 17.7 Å². The van der Waals surface area contributed by atoms with Crippen molar-refractivity contribution in [1.82, 2.24) is 19.9 Å². The van der Waals surface area contributed by atoms with Crippen LogP contribution in [0.4, 0.5) is 13.2 Å². The molecule has 2 fully saturated rings. The van der Waals surface area contributed by atoms with Gasteiger partial charge < -0.3 is 24.2 Å². The van der Waals surface area contributed by atoms with Gasteiger partial charge in [-0.2, -0.15) is 4.99 Å². The Kier molecular flexibility index (Phi) is 7.49. The van der Waals surface area contributed by atoms with E-state index < -0.39 is 60.1 Å². The van der Waals surface area contributed by atoms with E-state index >= 15 is 0 Å². The van der Waals surface area contributed by atoms with Gasteiger partial charge in [0.2, 0.25) is 0 Å². The Morgan fingerprint density at radius 2 is 1.82 bits per heavy atom. The van der Waals surface area contributed by atoms with Crippen molar-refractivity contribution in [2.75, 3.05) is 20.7 Å². The summed E-state index contributed by atoms with van der Waals surface area (Å²) < 4.78 is 60.5. The summed E-state index contributed by atoms with van der Waals surface area (Å²) in [6.07, 6.45) is -4.01. The third-order valence-corrected chi connectivity index (χ3v) is 6.71. The fraction of sp³-hybridized carbons (Fsp3) is 0.385. The van der Waals surface area contributed by atoms with Crippen LogP contribution in [0.5, 0.6) is 0 Å². The number of fused-ring (bicyclic) bond motifs is 1. The number of amidine groups is 1. The van der Waals surface area contributed by atoms with Crippen LogP contribution in [0.2, 0.25) is 0 Å². The second-order valence-corrected chi connectivity index (χ2v) is 9.48. The zero-order valence-electron chi connectivity index (χ0n) is 21.2. The van der Waals surface area contributed by atoms with Crippen molar-refractivity contribution in [3.05, 3.63) is 71.7 Å². The lowest BCUT2D eigenvalue weighted by Gasteiger charge is -2.47. The summed E-state index contributed by atoms with van der Waals surface area (Å²) in [7, 11) is 3.43. The summed E-state index contributed by atoms with van der Waals surface area (Å²) in [5, 5.41) is 19.4. The fourth-order valence-electron chi connectivity index (χ4n) is 4.48. The zero-order chi connectivity index (χ0) is 27.8. The molecule has 13 heteroatoms. The van der Waals surface area contributed by atoms with E-state index in [0.29, 0.717) is 5.84 Å². The van der Waals surface area contributed by atoms with Gasteiger partial charge in [0, 0.05) is 25.2 Å². The van der Waals surface area contributed by atoms with Crippen molar-refractivity contribution in [1.29, 1.82) is 0 Å². The van der Waals surface area contributed by atoms with Gasteiger partial charge in [-0.15, -0.1) is 5.10 Å². The number of aliphatic imine (C=N–C) groups is 1. The number of hydrogen-bond donors (Lipinski definition) is 1. The van der Waals surface area contributed by atoms with Gasteiger partial charge >= 0.3 is 0 Å². The summed E-state index contributed by atoms with van der Waals surface area (Å²) >= 11 is 0. The molecule has 0 saturated carbocycles. The molecule has 1 aromatic heterocycles. The molecule has 0 radical (unpaired) electrons. The van der Waals surface area contributed by atoms with Crippen molar-refractivity contribution in [2.45, 2.75) is 43.7 Å². The Bertz CT molecular complexity index is 1360. The maximum absolute atomic E-state index is 13.9. The van der Waals surface area contributed by atoms with Gasteiger partial charge in [0.05, 0.1) is 12.8 Å². The monoisotopic (exact) mass is 545 g/mol. The Morgan fingerprint density at radius 3 is 2.49 bits per heavy atom. The van der Waals surface area contributed by atoms with Crippen LogP contribution >= 0.6 is 0 Å². The number of rotatable bonds is 4. The predicted molar refractivity (Wildman–Crippen MR) is 131 cm³/mol. The second-order valence-electron chi connectivity index (χ2n) is 9.48. The minimum absolute atomic E-state index is 0.0130. The third kappa shape index (κ3) is 5.30. The molecule has 0 bridgehead atoms. The van der Waals surface area contributed by atoms with Gasteiger partial charge in [-0.05, 0) is 19.1 Å². The third-order valence-electron chi connectivity index (χ3n) is 6.71. The molecule has 1 N–H and O–H groups in total. The van der Waals surface area contributed by atoms with E-state index in [1.165, 1.54) is 10.9 Å². The van der Waals surface area contributed by atoms with E-state index in [9.17, 15) is 23.1 Å². The first kappa shape index (κ1) is 26.9. The Morgan fingerprint density at radius 1 is 1.13 bits per heavy atom. The van der Waals surface area contributed by atoms with Gasteiger partial charge in [0.1, 0.15) is 35.9 Å². The van der Waals surface area contributed by atoms with E-state index in [1.807, 2.05) is 30.3 Å². The van der Waals surface area contributed by atoms with Crippen molar-refractivity contribution in [3.8, 4) is 11.3 Å². The topological polar surface area (TPSA) is 111 Å². The number of carbonyl (C=O) groups is 1.